The van der Waals surface area contributed by atoms with Crippen LogP contribution in [0.2, 0.25) is 6.82 Å². The van der Waals surface area contributed by atoms with E-state index < -0.39 is 146 Å². The second kappa shape index (κ2) is 69.3. The van der Waals surface area contributed by atoms with Crippen LogP contribution >= 0.6 is 0 Å². The fraction of sp³-hybridized carbons (Fsp3) is 0.489. The fourth-order valence-electron chi connectivity index (χ4n) is 11.7. The number of carbonyl (C=O) groups excluding carboxylic acids is 14. The van der Waals surface area contributed by atoms with E-state index in [1.54, 1.807) is 152 Å². The lowest BCUT2D eigenvalue weighted by molar-refractivity contribution is -0.148. The van der Waals surface area contributed by atoms with Gasteiger partial charge in [-0.1, -0.05) is 123 Å². The summed E-state index contributed by atoms with van der Waals surface area (Å²) in [7, 11) is -0.982. The van der Waals surface area contributed by atoms with Gasteiger partial charge in [0.15, 0.2) is 0 Å². The van der Waals surface area contributed by atoms with Crippen LogP contribution in [0, 0.1) is 5.92 Å². The Balaban J connectivity index is 0.000000765. The van der Waals surface area contributed by atoms with Crippen LogP contribution in [-0.2, 0) is 95.2 Å². The number of benzene rings is 5. The first-order valence-electron chi connectivity index (χ1n) is 43.5. The van der Waals surface area contributed by atoms with Crippen LogP contribution < -0.4 is 49.5 Å². The van der Waals surface area contributed by atoms with Crippen molar-refractivity contribution in [3.63, 3.8) is 0 Å². The Morgan fingerprint density at radius 1 is 0.333 bits per heavy atom. The molecule has 39 heteroatoms. The Kier molecular flexibility index (Phi) is 58.2. The number of unbranched alkanes of at least 4 members (excludes halogenated alkanes) is 8. The zero-order chi connectivity index (χ0) is 95.3. The van der Waals surface area contributed by atoms with Crippen LogP contribution in [0.5, 0.6) is 0 Å². The Morgan fingerprint density at radius 2 is 0.628 bits per heavy atom. The molecule has 5 rings (SSSR count). The summed E-state index contributed by atoms with van der Waals surface area (Å²) in [6.45, 7) is 1.10. The summed E-state index contributed by atoms with van der Waals surface area (Å²) in [5.74, 6) is -10.9. The number of amides is 5. The molecule has 5 aromatic rings. The highest BCUT2D eigenvalue weighted by Crippen LogP contribution is 2.20. The molecule has 0 aliphatic heterocycles. The van der Waals surface area contributed by atoms with E-state index in [1.807, 2.05) is 0 Å². The Morgan fingerprint density at radius 3 is 0.984 bits per heavy atom. The number of nitrogens with one attached hydrogen (secondary N) is 5. The molecule has 0 aromatic heterocycles. The lowest BCUT2D eigenvalue weighted by Crippen LogP contribution is -2.54. The van der Waals surface area contributed by atoms with Gasteiger partial charge in [-0.15, -0.1) is 0 Å². The van der Waals surface area contributed by atoms with Crippen molar-refractivity contribution in [1.82, 2.24) is 26.6 Å². The minimum atomic E-state index is -1.43. The first-order chi connectivity index (χ1) is 62.7. The quantitative estimate of drug-likeness (QED) is 0.00803. The third kappa shape index (κ3) is 52.1. The fourth-order valence-corrected chi connectivity index (χ4v) is 11.7. The highest BCUT2D eigenvalue weighted by molar-refractivity contribution is 6.27. The van der Waals surface area contributed by atoms with Gasteiger partial charge < -0.3 is 112 Å². The molecular formula is C90H124BN9O29. The molecule has 0 aliphatic carbocycles. The van der Waals surface area contributed by atoms with Crippen LogP contribution in [-0.4, -0.2) is 237 Å². The zero-order valence-corrected chi connectivity index (χ0v) is 72.9. The van der Waals surface area contributed by atoms with E-state index >= 15 is 0 Å². The Labute approximate surface area is 751 Å². The van der Waals surface area contributed by atoms with E-state index in [4.69, 9.17) is 66.9 Å². The molecule has 0 fully saturated rings. The average Bonchev–Trinajstić information content (AvgIpc) is 0.868. The lowest BCUT2D eigenvalue weighted by Gasteiger charge is -2.24. The maximum atomic E-state index is 14.2. The second-order valence-corrected chi connectivity index (χ2v) is 28.7. The summed E-state index contributed by atoms with van der Waals surface area (Å²) in [6.07, 6.45) is 5.40. The third-order valence-electron chi connectivity index (χ3n) is 18.6. The van der Waals surface area contributed by atoms with Crippen LogP contribution in [0.4, 0.5) is 9.59 Å². The Bertz CT molecular complexity index is 4190. The highest BCUT2D eigenvalue weighted by atomic mass is 16.7. The van der Waals surface area contributed by atoms with Crippen LogP contribution in [0.1, 0.15) is 199 Å². The molecule has 706 valence electrons. The van der Waals surface area contributed by atoms with Crippen molar-refractivity contribution < 1.29 is 139 Å². The van der Waals surface area contributed by atoms with Gasteiger partial charge >= 0.3 is 79.4 Å². The predicted octanol–water partition coefficient (Wildman–Crippen LogP) is 7.05. The molecule has 0 heterocycles. The van der Waals surface area contributed by atoms with Crippen LogP contribution in [0.3, 0.4) is 0 Å². The molecule has 5 amide bonds. The number of carboxylic acids is 2. The molecule has 6 atom stereocenters. The van der Waals surface area contributed by atoms with Gasteiger partial charge in [0.1, 0.15) is 90.2 Å². The number of alkyl carbamates (subject to hydrolysis) is 1. The topological polar surface area (TPSA) is 579 Å². The molecule has 5 aromatic carbocycles. The van der Waals surface area contributed by atoms with Crippen molar-refractivity contribution in [3.05, 3.63) is 179 Å². The lowest BCUT2D eigenvalue weighted by atomic mass is 9.95. The van der Waals surface area contributed by atoms with Gasteiger partial charge in [0, 0.05) is 26.6 Å². The van der Waals surface area contributed by atoms with Gasteiger partial charge in [-0.3, -0.25) is 33.6 Å². The number of carbonyl (C=O) groups is 16. The minimum absolute atomic E-state index is 0.000979. The molecule has 0 radical (unpaired) electrons. The molecule has 0 bridgehead atoms. The summed E-state index contributed by atoms with van der Waals surface area (Å²) in [6, 6.07) is 36.1. The summed E-state index contributed by atoms with van der Waals surface area (Å²) in [4.78, 5) is 199. The molecule has 0 saturated carbocycles. The van der Waals surface area contributed by atoms with Gasteiger partial charge in [0.05, 0.1) is 40.3 Å². The summed E-state index contributed by atoms with van der Waals surface area (Å²) in [5.41, 5.74) is 24.0. The number of carboxylic acid groups (broad SMARTS) is 2. The van der Waals surface area contributed by atoms with E-state index in [1.165, 1.54) is 6.82 Å². The summed E-state index contributed by atoms with van der Waals surface area (Å²) >= 11 is 0. The minimum Gasteiger partial charge on any atom is -0.510 e. The van der Waals surface area contributed by atoms with E-state index in [0.29, 0.717) is 113 Å². The number of hydrogen-bond donors (Lipinski definition) is 11. The molecule has 15 N–H and O–H groups in total. The van der Waals surface area contributed by atoms with Crippen molar-refractivity contribution >= 4 is 103 Å². The molecule has 6 unspecified atom stereocenters. The zero-order valence-electron chi connectivity index (χ0n) is 73.9. The molecule has 38 nitrogen and oxygen atoms in total. The van der Waals surface area contributed by atoms with E-state index in [0.717, 1.165) is 12.8 Å². The SMILES string of the molecule is NCCCCC(N)C(=O)NC(CCCCN)C(=O)NC(CCCCN)C(=O)O.O=C(CCCCCC(CC(=O)OCCOC(=O)c1ccccc1)C(=O)NC(CCCCCC(=O)OCCOC(=O)c1ccccc1)C(=O)NC(CCCCNC(=O)OCCOC(=O)c1ccccc1)C(=O)O)OCCOC(=O)c1ccccc1.[3H]B(C)OC(=O)OCCOC(=O)c1ccccc1. The average molecular weight is 1810 g/mol. The number of nitrogens with two attached hydrogens (primary N) is 4. The molecule has 0 aliphatic rings. The maximum absolute atomic E-state index is 14.2. The number of aliphatic carboxylic acids is 2. The largest absolute Gasteiger partial charge is 0.510 e. The number of hydrogen-bond acceptors (Lipinski definition) is 31. The van der Waals surface area contributed by atoms with Crippen molar-refractivity contribution in [2.45, 2.75) is 185 Å². The summed E-state index contributed by atoms with van der Waals surface area (Å²) < 4.78 is 62.1. The molecule has 0 spiro atoms. The van der Waals surface area contributed by atoms with E-state index in [9.17, 15) is 86.9 Å². The third-order valence-corrected chi connectivity index (χ3v) is 18.6. The van der Waals surface area contributed by atoms with Crippen molar-refractivity contribution in [2.24, 2.45) is 28.9 Å². The van der Waals surface area contributed by atoms with Crippen LogP contribution in [0.15, 0.2) is 152 Å². The monoisotopic (exact) mass is 1810 g/mol. The molecule has 129 heavy (non-hydrogen) atoms. The number of ether oxygens (including phenoxy) is 10. The van der Waals surface area contributed by atoms with Gasteiger partial charge in [0.25, 0.3) is 0 Å². The smallest absolute Gasteiger partial charge is 0.489 e. The van der Waals surface area contributed by atoms with Gasteiger partial charge in [-0.05, 0) is 183 Å². The first kappa shape index (κ1) is 108. The van der Waals surface area contributed by atoms with Gasteiger partial charge in [0.2, 0.25) is 23.6 Å². The first-order valence-corrected chi connectivity index (χ1v) is 42.9. The maximum Gasteiger partial charge on any atom is 0.489 e. The van der Waals surface area contributed by atoms with Gasteiger partial charge in [-0.2, -0.15) is 0 Å². The summed E-state index contributed by atoms with van der Waals surface area (Å²) in [5, 5.41) is 32.4. The van der Waals surface area contributed by atoms with Crippen molar-refractivity contribution in [2.75, 3.05) is 92.2 Å². The van der Waals surface area contributed by atoms with Gasteiger partial charge in [-0.25, -0.2) is 43.2 Å². The van der Waals surface area contributed by atoms with Crippen molar-refractivity contribution in [3.8, 4) is 0 Å². The van der Waals surface area contributed by atoms with Crippen LogP contribution in [0.25, 0.3) is 0 Å². The standard InChI is InChI=1S/C61H73N3O20.C18H38N6O4.C11H13BO5/c65-51(77-35-38-80-57(72)44-21-7-1-8-22-44)32-17-5-15-29-48(43-53(67)79-37-40-82-59(74)46-25-11-3-12-26-46)54(68)63-49(30-16-6-18-33-52(66)78-36-39-81-58(73)45-23-9-2-10-24-45)55(69)64-50(56(70)71)31-19-20-34-62-61(76)84-42-41-83-60(75)47-27-13-4-14-28-47;19-10-4-1-7-13(22)16(25)23-14(8-2-5-11-20)17(26)24-15(18(27)28)9-3-6-12-21;1-12-17-11(14)16-8-7-15-10(13)9-5-3-2-4-6-9/h1-4,7-14,21-28,48-50H,5-6,15-20,29-43H2,(H,62,76)(H,63,68)(H,64,69)(H,70,71);13-15H,1-12,19-22H2,(H,23,25)(H,24,26)(H,27,28);2-6,12H,7-8H2,1H3/i;;12T. The second-order valence-electron chi connectivity index (χ2n) is 28.7. The molecule has 0 saturated heterocycles. The normalized spacial score (nSPS) is 12.0. The predicted molar refractivity (Wildman–Crippen MR) is 469 cm³/mol. The van der Waals surface area contributed by atoms with E-state index in [-0.39, 0.29) is 136 Å². The van der Waals surface area contributed by atoms with E-state index in [2.05, 4.69) is 36.0 Å². The van der Waals surface area contributed by atoms with Crippen molar-refractivity contribution in [1.29, 1.82) is 1.34 Å². The Hall–Kier alpha value is -12.9. The highest BCUT2D eigenvalue weighted by Gasteiger charge is 2.32. The number of esters is 8. The molecular weight excluding hydrogens is 1680 g/mol. The number of rotatable bonds is 62.